The van der Waals surface area contributed by atoms with E-state index in [4.69, 9.17) is 22.1 Å². The lowest BCUT2D eigenvalue weighted by atomic mass is 9.93. The van der Waals surface area contributed by atoms with Crippen LogP contribution in [0.2, 0.25) is 5.02 Å². The summed E-state index contributed by atoms with van der Waals surface area (Å²) in [4.78, 5) is 17.3. The van der Waals surface area contributed by atoms with Gasteiger partial charge in [0.2, 0.25) is 0 Å². The molecule has 0 fully saturated rings. The fourth-order valence-corrected chi connectivity index (χ4v) is 4.10. The van der Waals surface area contributed by atoms with Crippen LogP contribution in [0.4, 0.5) is 0 Å². The molecule has 1 atom stereocenters. The maximum Gasteiger partial charge on any atom is 0.260 e. The first-order valence-electron chi connectivity index (χ1n) is 9.10. The first-order chi connectivity index (χ1) is 12.6. The average Bonchev–Trinajstić information content (AvgIpc) is 2.57. The molecule has 2 heterocycles. The number of ether oxygens (including phenoxy) is 1. The van der Waals surface area contributed by atoms with Gasteiger partial charge in [-0.25, -0.2) is 0 Å². The number of rotatable bonds is 5. The van der Waals surface area contributed by atoms with E-state index in [0.29, 0.717) is 28.7 Å². The largest absolute Gasteiger partial charge is 0.490 e. The zero-order valence-corrected chi connectivity index (χ0v) is 17.2. The highest BCUT2D eigenvalue weighted by molar-refractivity contribution is 6.37. The third-order valence-electron chi connectivity index (χ3n) is 4.79. The van der Waals surface area contributed by atoms with Gasteiger partial charge in [0.25, 0.3) is 5.56 Å². The van der Waals surface area contributed by atoms with Crippen LogP contribution < -0.4 is 16.0 Å². The summed E-state index contributed by atoms with van der Waals surface area (Å²) in [6.45, 7) is 8.43. The summed E-state index contributed by atoms with van der Waals surface area (Å²) in [6, 6.07) is 5.60. The first-order valence-corrected chi connectivity index (χ1v) is 9.48. The molecule has 1 aromatic carbocycles. The zero-order chi connectivity index (χ0) is 19.9. The molecule has 0 aliphatic carbocycles. The summed E-state index contributed by atoms with van der Waals surface area (Å²) in [5.41, 5.74) is 7.31. The summed E-state index contributed by atoms with van der Waals surface area (Å²) in [7, 11) is 1.74. The summed E-state index contributed by atoms with van der Waals surface area (Å²) >= 11 is 6.60. The van der Waals surface area contributed by atoms with Gasteiger partial charge in [-0.2, -0.15) is 0 Å². The van der Waals surface area contributed by atoms with E-state index < -0.39 is 5.54 Å². The standard InChI is InChI=1S/C21H26ClN3O2/c1-12(2)10-21(4,23)11-27-16-7-6-14-15-8-9-24-13(3)19(15)25(5)20(26)17(14)18(16)22/h6-9,12H,10-11,23H2,1-5H3/t21-/m0/s1. The van der Waals surface area contributed by atoms with E-state index >= 15 is 0 Å². The number of benzene rings is 1. The van der Waals surface area contributed by atoms with Crippen molar-refractivity contribution in [2.45, 2.75) is 39.7 Å². The van der Waals surface area contributed by atoms with E-state index in [-0.39, 0.29) is 5.56 Å². The number of hydrogen-bond donors (Lipinski definition) is 1. The molecule has 0 spiro atoms. The molecule has 144 valence electrons. The maximum absolute atomic E-state index is 13.0. The third kappa shape index (κ3) is 3.66. The maximum atomic E-state index is 13.0. The van der Waals surface area contributed by atoms with Gasteiger partial charge in [-0.1, -0.05) is 25.4 Å². The van der Waals surface area contributed by atoms with Gasteiger partial charge in [0.05, 0.1) is 21.6 Å². The molecule has 3 rings (SSSR count). The number of fused-ring (bicyclic) bond motifs is 3. The highest BCUT2D eigenvalue weighted by atomic mass is 35.5. The summed E-state index contributed by atoms with van der Waals surface area (Å²) in [5, 5.41) is 2.52. The Labute approximate surface area is 164 Å². The molecule has 0 saturated carbocycles. The quantitative estimate of drug-likeness (QED) is 0.666. The van der Waals surface area contributed by atoms with Crippen LogP contribution in [-0.2, 0) is 7.05 Å². The molecular formula is C21H26ClN3O2. The van der Waals surface area contributed by atoms with Crippen LogP contribution in [0.3, 0.4) is 0 Å². The molecule has 3 aromatic rings. The topological polar surface area (TPSA) is 70.1 Å². The number of aromatic nitrogens is 2. The Kier molecular flexibility index (Phi) is 5.19. The normalized spacial score (nSPS) is 14.1. The molecular weight excluding hydrogens is 362 g/mol. The predicted octanol–water partition coefficient (Wildman–Crippen LogP) is 4.19. The molecule has 5 nitrogen and oxygen atoms in total. The smallest absolute Gasteiger partial charge is 0.260 e. The lowest BCUT2D eigenvalue weighted by molar-refractivity contribution is 0.207. The molecule has 0 aliphatic rings. The minimum atomic E-state index is -0.469. The van der Waals surface area contributed by atoms with Crippen molar-refractivity contribution in [3.05, 3.63) is 45.5 Å². The van der Waals surface area contributed by atoms with Gasteiger partial charge in [-0.3, -0.25) is 9.78 Å². The second-order valence-electron chi connectivity index (χ2n) is 8.00. The molecule has 2 aromatic heterocycles. The van der Waals surface area contributed by atoms with E-state index in [1.165, 1.54) is 0 Å². The predicted molar refractivity (Wildman–Crippen MR) is 112 cm³/mol. The van der Waals surface area contributed by atoms with Crippen LogP contribution in [-0.4, -0.2) is 21.7 Å². The zero-order valence-electron chi connectivity index (χ0n) is 16.5. The van der Waals surface area contributed by atoms with Gasteiger partial charge in [0, 0.05) is 24.2 Å². The molecule has 0 bridgehead atoms. The summed E-state index contributed by atoms with van der Waals surface area (Å²) in [6.07, 6.45) is 2.57. The minimum absolute atomic E-state index is 0.165. The molecule has 0 aliphatic heterocycles. The van der Waals surface area contributed by atoms with E-state index in [1.54, 1.807) is 17.8 Å². The van der Waals surface area contributed by atoms with Gasteiger partial charge in [0.15, 0.2) is 0 Å². The third-order valence-corrected chi connectivity index (χ3v) is 5.17. The van der Waals surface area contributed by atoms with Crippen molar-refractivity contribution < 1.29 is 4.74 Å². The van der Waals surface area contributed by atoms with Crippen molar-refractivity contribution in [2.75, 3.05) is 6.61 Å². The first kappa shape index (κ1) is 19.6. The van der Waals surface area contributed by atoms with Crippen molar-refractivity contribution in [1.82, 2.24) is 9.55 Å². The van der Waals surface area contributed by atoms with E-state index in [9.17, 15) is 4.79 Å². The highest BCUT2D eigenvalue weighted by Gasteiger charge is 2.23. The number of nitrogens with two attached hydrogens (primary N) is 1. The molecule has 0 amide bonds. The number of pyridine rings is 2. The lowest BCUT2D eigenvalue weighted by Crippen LogP contribution is -2.43. The van der Waals surface area contributed by atoms with Gasteiger partial charge < -0.3 is 15.0 Å². The van der Waals surface area contributed by atoms with E-state index in [0.717, 1.165) is 28.4 Å². The average molecular weight is 388 g/mol. The Bertz CT molecular complexity index is 1070. The van der Waals surface area contributed by atoms with Gasteiger partial charge in [0.1, 0.15) is 12.4 Å². The number of hydrogen-bond acceptors (Lipinski definition) is 4. The minimum Gasteiger partial charge on any atom is -0.490 e. The molecule has 0 unspecified atom stereocenters. The second kappa shape index (κ2) is 7.13. The van der Waals surface area contributed by atoms with E-state index in [2.05, 4.69) is 18.8 Å². The van der Waals surface area contributed by atoms with Crippen molar-refractivity contribution in [1.29, 1.82) is 0 Å². The summed E-state index contributed by atoms with van der Waals surface area (Å²) < 4.78 is 7.52. The Morgan fingerprint density at radius 2 is 2.00 bits per heavy atom. The van der Waals surface area contributed by atoms with Gasteiger partial charge >= 0.3 is 0 Å². The Hall–Kier alpha value is -2.11. The lowest BCUT2D eigenvalue weighted by Gasteiger charge is -2.27. The van der Waals surface area contributed by atoms with Crippen LogP contribution in [0.25, 0.3) is 21.7 Å². The second-order valence-corrected chi connectivity index (χ2v) is 8.38. The molecule has 0 saturated heterocycles. The van der Waals surface area contributed by atoms with Crippen LogP contribution in [0.1, 0.15) is 32.9 Å². The molecule has 0 radical (unpaired) electrons. The number of aryl methyl sites for hydroxylation is 2. The van der Waals surface area contributed by atoms with Gasteiger partial charge in [-0.05, 0) is 49.8 Å². The van der Waals surface area contributed by atoms with Crippen molar-refractivity contribution in [3.63, 3.8) is 0 Å². The van der Waals surface area contributed by atoms with Crippen molar-refractivity contribution in [2.24, 2.45) is 18.7 Å². The highest BCUT2D eigenvalue weighted by Crippen LogP contribution is 2.35. The van der Waals surface area contributed by atoms with Crippen molar-refractivity contribution >= 4 is 33.3 Å². The number of halogens is 1. The molecule has 6 heteroatoms. The Morgan fingerprint density at radius 3 is 2.67 bits per heavy atom. The summed E-state index contributed by atoms with van der Waals surface area (Å²) in [5.74, 6) is 0.943. The fraction of sp³-hybridized carbons (Fsp3) is 0.429. The fourth-order valence-electron chi connectivity index (χ4n) is 3.80. The Morgan fingerprint density at radius 1 is 1.30 bits per heavy atom. The number of nitrogens with zero attached hydrogens (tertiary/aromatic N) is 2. The van der Waals surface area contributed by atoms with Crippen molar-refractivity contribution in [3.8, 4) is 5.75 Å². The van der Waals surface area contributed by atoms with E-state index in [1.807, 2.05) is 32.0 Å². The Balaban J connectivity index is 2.12. The van der Waals surface area contributed by atoms with Crippen LogP contribution in [0, 0.1) is 12.8 Å². The molecule has 2 N–H and O–H groups in total. The van der Waals surface area contributed by atoms with Crippen LogP contribution >= 0.6 is 11.6 Å². The van der Waals surface area contributed by atoms with Crippen LogP contribution in [0.5, 0.6) is 5.75 Å². The van der Waals surface area contributed by atoms with Gasteiger partial charge in [-0.15, -0.1) is 0 Å². The monoisotopic (exact) mass is 387 g/mol. The molecule has 27 heavy (non-hydrogen) atoms. The van der Waals surface area contributed by atoms with Crippen LogP contribution in [0.15, 0.2) is 29.2 Å². The SMILES string of the molecule is Cc1nccc2c3ccc(OC[C@@](C)(N)CC(C)C)c(Cl)c3c(=O)n(C)c12.